The molecule has 6 unspecified atom stereocenters. The lowest BCUT2D eigenvalue weighted by Crippen LogP contribution is -2.59. The summed E-state index contributed by atoms with van der Waals surface area (Å²) in [6, 6.07) is 0. The Balaban J connectivity index is 2.31. The van der Waals surface area contributed by atoms with Crippen LogP contribution >= 0.6 is 0 Å². The van der Waals surface area contributed by atoms with Crippen LogP contribution in [0.5, 0.6) is 0 Å². The van der Waals surface area contributed by atoms with E-state index in [1.165, 1.54) is 44.9 Å². The Morgan fingerprint density at radius 3 is 1.95 bits per heavy atom. The first kappa shape index (κ1) is 37.5. The standard InChI is InChI=1S/C31H56O10/c1-3-5-6-7-8-9-10-11-12-13-14-15-16-17-18-20-27(34)40-24(22-38-26(33)19-4-2)23-39-31-30(37)29(36)28(35)25(21-32)41-31/h11-12,24-25,28-32,35-37H,3-10,13-23H2,1-2H3/b12-11-. The molecule has 1 heterocycles. The molecule has 0 radical (unpaired) electrons. The third-order valence-electron chi connectivity index (χ3n) is 7.12. The van der Waals surface area contributed by atoms with Crippen LogP contribution in [-0.4, -0.2) is 89.0 Å². The van der Waals surface area contributed by atoms with E-state index >= 15 is 0 Å². The molecular formula is C31H56O10. The van der Waals surface area contributed by atoms with E-state index in [0.29, 0.717) is 12.8 Å². The SMILES string of the molecule is CCCCCCCC/C=C\CCCCCCCC(=O)OC(COC(=O)CCC)COC1OC(CO)C(O)C(O)C1O. The van der Waals surface area contributed by atoms with Gasteiger partial charge in [-0.05, 0) is 38.5 Å². The Kier molecular flexibility index (Phi) is 21.9. The second kappa shape index (κ2) is 23.9. The molecule has 10 nitrogen and oxygen atoms in total. The van der Waals surface area contributed by atoms with E-state index in [0.717, 1.165) is 32.1 Å². The summed E-state index contributed by atoms with van der Waals surface area (Å²) < 4.78 is 21.5. The molecule has 0 amide bonds. The quantitative estimate of drug-likeness (QED) is 0.0737. The summed E-state index contributed by atoms with van der Waals surface area (Å²) in [6.45, 7) is 2.98. The van der Waals surface area contributed by atoms with E-state index < -0.39 is 55.4 Å². The number of carbonyl (C=O) groups is 2. The molecular weight excluding hydrogens is 532 g/mol. The zero-order valence-corrected chi connectivity index (χ0v) is 25.3. The van der Waals surface area contributed by atoms with Crippen LogP contribution in [-0.2, 0) is 28.5 Å². The number of ether oxygens (including phenoxy) is 4. The number of rotatable bonds is 24. The minimum Gasteiger partial charge on any atom is -0.462 e. The highest BCUT2D eigenvalue weighted by molar-refractivity contribution is 5.70. The number of carbonyl (C=O) groups excluding carboxylic acids is 2. The lowest BCUT2D eigenvalue weighted by molar-refractivity contribution is -0.305. The maximum Gasteiger partial charge on any atom is 0.306 e. The Bertz CT molecular complexity index is 698. The van der Waals surface area contributed by atoms with Gasteiger partial charge in [0.25, 0.3) is 0 Å². The van der Waals surface area contributed by atoms with Gasteiger partial charge in [-0.1, -0.05) is 77.4 Å². The van der Waals surface area contributed by atoms with Crippen LogP contribution in [0.4, 0.5) is 0 Å². The molecule has 1 rings (SSSR count). The highest BCUT2D eigenvalue weighted by atomic mass is 16.7. The minimum atomic E-state index is -1.59. The highest BCUT2D eigenvalue weighted by Gasteiger charge is 2.44. The summed E-state index contributed by atoms with van der Waals surface area (Å²) in [5.41, 5.74) is 0. The van der Waals surface area contributed by atoms with Gasteiger partial charge in [0.1, 0.15) is 31.0 Å². The third kappa shape index (κ3) is 17.2. The van der Waals surface area contributed by atoms with E-state index in [1.807, 2.05) is 6.92 Å². The van der Waals surface area contributed by atoms with Crippen molar-refractivity contribution in [1.29, 1.82) is 0 Å². The van der Waals surface area contributed by atoms with E-state index in [-0.39, 0.29) is 26.1 Å². The molecule has 0 spiro atoms. The Labute approximate surface area is 246 Å². The van der Waals surface area contributed by atoms with Gasteiger partial charge in [-0.15, -0.1) is 0 Å². The molecule has 0 saturated carbocycles. The Hall–Kier alpha value is -1.56. The van der Waals surface area contributed by atoms with Crippen LogP contribution in [0.15, 0.2) is 12.2 Å². The van der Waals surface area contributed by atoms with Crippen LogP contribution in [0.3, 0.4) is 0 Å². The largest absolute Gasteiger partial charge is 0.462 e. The molecule has 1 aliphatic rings. The van der Waals surface area contributed by atoms with Crippen LogP contribution in [0.1, 0.15) is 117 Å². The molecule has 0 aromatic carbocycles. The summed E-state index contributed by atoms with van der Waals surface area (Å²) in [5.74, 6) is -0.879. The third-order valence-corrected chi connectivity index (χ3v) is 7.12. The van der Waals surface area contributed by atoms with Crippen molar-refractivity contribution in [2.45, 2.75) is 153 Å². The van der Waals surface area contributed by atoms with Crippen molar-refractivity contribution in [3.8, 4) is 0 Å². The number of hydrogen-bond acceptors (Lipinski definition) is 10. The maximum atomic E-state index is 12.5. The fourth-order valence-corrected chi connectivity index (χ4v) is 4.57. The van der Waals surface area contributed by atoms with Crippen molar-refractivity contribution in [2.75, 3.05) is 19.8 Å². The summed E-state index contributed by atoms with van der Waals surface area (Å²) in [5, 5.41) is 39.4. The van der Waals surface area contributed by atoms with E-state index in [9.17, 15) is 30.0 Å². The molecule has 0 aliphatic carbocycles. The van der Waals surface area contributed by atoms with Crippen molar-refractivity contribution in [2.24, 2.45) is 0 Å². The smallest absolute Gasteiger partial charge is 0.306 e. The molecule has 240 valence electrons. The van der Waals surface area contributed by atoms with Crippen LogP contribution in [0.2, 0.25) is 0 Å². The maximum absolute atomic E-state index is 12.5. The van der Waals surface area contributed by atoms with Crippen LogP contribution in [0, 0.1) is 0 Å². The Morgan fingerprint density at radius 2 is 1.34 bits per heavy atom. The van der Waals surface area contributed by atoms with E-state index in [1.54, 1.807) is 0 Å². The van der Waals surface area contributed by atoms with Gasteiger partial charge in [0.15, 0.2) is 12.4 Å². The van der Waals surface area contributed by atoms with Crippen LogP contribution in [0.25, 0.3) is 0 Å². The second-order valence-corrected chi connectivity index (χ2v) is 10.9. The summed E-state index contributed by atoms with van der Waals surface area (Å²) in [4.78, 5) is 24.3. The van der Waals surface area contributed by atoms with Gasteiger partial charge in [0, 0.05) is 12.8 Å². The number of unbranched alkanes of at least 4 members (excludes halogenated alkanes) is 11. The van der Waals surface area contributed by atoms with Crippen molar-refractivity contribution >= 4 is 11.9 Å². The number of hydrogen-bond donors (Lipinski definition) is 4. The average molecular weight is 589 g/mol. The van der Waals surface area contributed by atoms with Gasteiger partial charge < -0.3 is 39.4 Å². The molecule has 0 aromatic heterocycles. The molecule has 0 bridgehead atoms. The first-order valence-corrected chi connectivity index (χ1v) is 15.8. The van der Waals surface area contributed by atoms with Crippen LogP contribution < -0.4 is 0 Å². The van der Waals surface area contributed by atoms with Gasteiger partial charge in [-0.3, -0.25) is 9.59 Å². The molecule has 6 atom stereocenters. The normalized spacial score (nSPS) is 23.5. The van der Waals surface area contributed by atoms with Crippen molar-refractivity contribution in [3.63, 3.8) is 0 Å². The lowest BCUT2D eigenvalue weighted by atomic mass is 9.99. The summed E-state index contributed by atoms with van der Waals surface area (Å²) >= 11 is 0. The minimum absolute atomic E-state index is 0.220. The summed E-state index contributed by atoms with van der Waals surface area (Å²) in [7, 11) is 0. The zero-order chi connectivity index (χ0) is 30.3. The average Bonchev–Trinajstić information content (AvgIpc) is 2.96. The molecule has 10 heteroatoms. The predicted octanol–water partition coefficient (Wildman–Crippen LogP) is 4.10. The summed E-state index contributed by atoms with van der Waals surface area (Å²) in [6.07, 6.45) is 12.6. The lowest BCUT2D eigenvalue weighted by Gasteiger charge is -2.39. The van der Waals surface area contributed by atoms with Crippen molar-refractivity contribution < 1.29 is 49.0 Å². The van der Waals surface area contributed by atoms with Gasteiger partial charge in [-0.2, -0.15) is 0 Å². The first-order valence-electron chi connectivity index (χ1n) is 15.8. The fraction of sp³-hybridized carbons (Fsp3) is 0.871. The Morgan fingerprint density at radius 1 is 0.732 bits per heavy atom. The molecule has 4 N–H and O–H groups in total. The molecule has 1 aliphatic heterocycles. The fourth-order valence-electron chi connectivity index (χ4n) is 4.57. The highest BCUT2D eigenvalue weighted by Crippen LogP contribution is 2.22. The van der Waals surface area contributed by atoms with E-state index in [4.69, 9.17) is 18.9 Å². The molecule has 1 fully saturated rings. The number of esters is 2. The molecule has 41 heavy (non-hydrogen) atoms. The van der Waals surface area contributed by atoms with Gasteiger partial charge in [0.05, 0.1) is 13.2 Å². The number of aliphatic hydroxyl groups excluding tert-OH is 4. The monoisotopic (exact) mass is 588 g/mol. The molecule has 0 aromatic rings. The predicted molar refractivity (Wildman–Crippen MR) is 155 cm³/mol. The number of allylic oxidation sites excluding steroid dienone is 2. The molecule has 1 saturated heterocycles. The van der Waals surface area contributed by atoms with E-state index in [2.05, 4.69) is 19.1 Å². The first-order chi connectivity index (χ1) is 19.8. The number of aliphatic hydroxyl groups is 4. The second-order valence-electron chi connectivity index (χ2n) is 10.9. The zero-order valence-electron chi connectivity index (χ0n) is 25.3. The topological polar surface area (TPSA) is 152 Å². The van der Waals surface area contributed by atoms with Gasteiger partial charge >= 0.3 is 11.9 Å². The van der Waals surface area contributed by atoms with Gasteiger partial charge in [0.2, 0.25) is 0 Å². The van der Waals surface area contributed by atoms with Crippen molar-refractivity contribution in [3.05, 3.63) is 12.2 Å². The van der Waals surface area contributed by atoms with Gasteiger partial charge in [-0.25, -0.2) is 0 Å². The van der Waals surface area contributed by atoms with Crippen molar-refractivity contribution in [1.82, 2.24) is 0 Å².